The Morgan fingerprint density at radius 2 is 1.22 bits per heavy atom. The summed E-state index contributed by atoms with van der Waals surface area (Å²) in [6.45, 7) is 1.74. The highest BCUT2D eigenvalue weighted by Crippen LogP contribution is 2.13. The SMILES string of the molecule is C[C@H](NC(=O)[C@@H](CSCc1ccccc1)NC(=O)OCc1ccccc1)C(=O)OCc1ccccc1. The van der Waals surface area contributed by atoms with E-state index in [-0.39, 0.29) is 13.2 Å². The van der Waals surface area contributed by atoms with E-state index in [1.165, 1.54) is 11.8 Å². The Hall–Kier alpha value is -3.78. The normalized spacial score (nSPS) is 12.1. The van der Waals surface area contributed by atoms with Gasteiger partial charge in [0.25, 0.3) is 0 Å². The van der Waals surface area contributed by atoms with Crippen molar-refractivity contribution in [2.24, 2.45) is 0 Å². The number of benzene rings is 3. The summed E-state index contributed by atoms with van der Waals surface area (Å²) in [6.07, 6.45) is -0.710. The highest BCUT2D eigenvalue weighted by molar-refractivity contribution is 7.98. The van der Waals surface area contributed by atoms with Crippen molar-refractivity contribution in [1.82, 2.24) is 10.6 Å². The van der Waals surface area contributed by atoms with Gasteiger partial charge in [-0.2, -0.15) is 11.8 Å². The van der Waals surface area contributed by atoms with Crippen molar-refractivity contribution in [1.29, 1.82) is 0 Å². The van der Waals surface area contributed by atoms with Crippen LogP contribution in [-0.4, -0.2) is 35.8 Å². The van der Waals surface area contributed by atoms with E-state index in [9.17, 15) is 14.4 Å². The summed E-state index contributed by atoms with van der Waals surface area (Å²) >= 11 is 1.49. The molecular weight excluding hydrogens is 476 g/mol. The molecule has 2 N–H and O–H groups in total. The lowest BCUT2D eigenvalue weighted by Crippen LogP contribution is -2.52. The van der Waals surface area contributed by atoms with Crippen molar-refractivity contribution in [3.63, 3.8) is 0 Å². The highest BCUT2D eigenvalue weighted by atomic mass is 32.2. The van der Waals surface area contributed by atoms with E-state index in [2.05, 4.69) is 10.6 Å². The summed E-state index contributed by atoms with van der Waals surface area (Å²) in [5, 5.41) is 5.28. The van der Waals surface area contributed by atoms with Crippen LogP contribution >= 0.6 is 11.8 Å². The third-order valence-corrected chi connectivity index (χ3v) is 6.26. The molecule has 8 heteroatoms. The average molecular weight is 507 g/mol. The number of alkyl carbamates (subject to hydrolysis) is 1. The number of nitrogens with one attached hydrogen (secondary N) is 2. The molecule has 3 aromatic rings. The number of esters is 1. The van der Waals surface area contributed by atoms with Crippen LogP contribution in [0.4, 0.5) is 4.79 Å². The first-order valence-electron chi connectivity index (χ1n) is 11.6. The fourth-order valence-electron chi connectivity index (χ4n) is 3.19. The van der Waals surface area contributed by atoms with E-state index in [4.69, 9.17) is 9.47 Å². The first kappa shape index (κ1) is 26.8. The van der Waals surface area contributed by atoms with Crippen LogP contribution in [0.1, 0.15) is 23.6 Å². The maximum atomic E-state index is 13.0. The van der Waals surface area contributed by atoms with Gasteiger partial charge in [-0.25, -0.2) is 9.59 Å². The minimum absolute atomic E-state index is 0.0837. The quantitative estimate of drug-likeness (QED) is 0.352. The molecule has 188 valence electrons. The number of hydrogen-bond acceptors (Lipinski definition) is 6. The summed E-state index contributed by atoms with van der Waals surface area (Å²) in [6, 6.07) is 26.6. The number of carbonyl (C=O) groups excluding carboxylic acids is 3. The molecule has 0 aliphatic heterocycles. The number of rotatable bonds is 12. The topological polar surface area (TPSA) is 93.7 Å². The molecule has 0 radical (unpaired) electrons. The van der Waals surface area contributed by atoms with Crippen molar-refractivity contribution in [3.8, 4) is 0 Å². The number of carbonyl (C=O) groups is 3. The third-order valence-electron chi connectivity index (χ3n) is 5.15. The highest BCUT2D eigenvalue weighted by Gasteiger charge is 2.26. The summed E-state index contributed by atoms with van der Waals surface area (Å²) in [7, 11) is 0. The van der Waals surface area contributed by atoms with Crippen LogP contribution in [0.5, 0.6) is 0 Å². The number of amides is 2. The molecule has 0 saturated carbocycles. The molecule has 0 unspecified atom stereocenters. The Morgan fingerprint density at radius 3 is 1.78 bits per heavy atom. The number of thioether (sulfide) groups is 1. The zero-order valence-electron chi connectivity index (χ0n) is 20.1. The molecule has 3 rings (SSSR count). The Labute approximate surface area is 215 Å². The molecule has 0 aliphatic carbocycles. The van der Waals surface area contributed by atoms with Crippen LogP contribution in [0, 0.1) is 0 Å². The van der Waals surface area contributed by atoms with Gasteiger partial charge in [0.05, 0.1) is 0 Å². The maximum absolute atomic E-state index is 13.0. The van der Waals surface area contributed by atoms with Gasteiger partial charge in [-0.3, -0.25) is 4.79 Å². The van der Waals surface area contributed by atoms with E-state index in [1.54, 1.807) is 6.92 Å². The summed E-state index contributed by atoms with van der Waals surface area (Å²) in [5.41, 5.74) is 2.79. The van der Waals surface area contributed by atoms with Gasteiger partial charge in [0.2, 0.25) is 5.91 Å². The lowest BCUT2D eigenvalue weighted by Gasteiger charge is -2.20. The van der Waals surface area contributed by atoms with E-state index in [1.807, 2.05) is 91.0 Å². The predicted octanol–water partition coefficient (Wildman–Crippen LogP) is 4.46. The fraction of sp³-hybridized carbons (Fsp3) is 0.250. The van der Waals surface area contributed by atoms with Gasteiger partial charge in [-0.15, -0.1) is 0 Å². The molecule has 0 aliphatic rings. The van der Waals surface area contributed by atoms with Crippen molar-refractivity contribution in [2.45, 2.75) is 38.0 Å². The van der Waals surface area contributed by atoms with Gasteiger partial charge in [0, 0.05) is 11.5 Å². The standard InChI is InChI=1S/C28H30N2O5S/c1-21(27(32)34-17-22-11-5-2-6-12-22)29-26(31)25(20-36-19-24-15-9-4-10-16-24)30-28(33)35-18-23-13-7-3-8-14-23/h2-16,21,25H,17-20H2,1H3,(H,29,31)(H,30,33)/t21-,25+/m0/s1. The molecule has 7 nitrogen and oxygen atoms in total. The number of ether oxygens (including phenoxy) is 2. The van der Waals surface area contributed by atoms with Gasteiger partial charge in [0.15, 0.2) is 0 Å². The van der Waals surface area contributed by atoms with E-state index < -0.39 is 30.1 Å². The Balaban J connectivity index is 1.54. The van der Waals surface area contributed by atoms with Crippen molar-refractivity contribution >= 4 is 29.7 Å². The molecule has 0 saturated heterocycles. The second-order valence-corrected chi connectivity index (χ2v) is 9.11. The van der Waals surface area contributed by atoms with Crippen molar-refractivity contribution in [3.05, 3.63) is 108 Å². The third kappa shape index (κ3) is 9.46. The molecule has 3 aromatic carbocycles. The second-order valence-electron chi connectivity index (χ2n) is 8.08. The van der Waals surface area contributed by atoms with E-state index >= 15 is 0 Å². The molecule has 0 bridgehead atoms. The molecule has 2 amide bonds. The van der Waals surface area contributed by atoms with Crippen LogP contribution in [0.3, 0.4) is 0 Å². The van der Waals surface area contributed by atoms with Crippen LogP contribution in [0.15, 0.2) is 91.0 Å². The van der Waals surface area contributed by atoms with Gasteiger partial charge in [0.1, 0.15) is 25.3 Å². The zero-order valence-corrected chi connectivity index (χ0v) is 20.9. The van der Waals surface area contributed by atoms with Gasteiger partial charge >= 0.3 is 12.1 Å². The molecular formula is C28H30N2O5S. The lowest BCUT2D eigenvalue weighted by atomic mass is 10.2. The zero-order chi connectivity index (χ0) is 25.6. The van der Waals surface area contributed by atoms with Crippen molar-refractivity contribution in [2.75, 3.05) is 5.75 Å². The second kappa shape index (κ2) is 14.6. The molecule has 0 heterocycles. The molecule has 0 spiro atoms. The first-order valence-corrected chi connectivity index (χ1v) is 12.8. The lowest BCUT2D eigenvalue weighted by molar-refractivity contribution is -0.148. The average Bonchev–Trinajstić information content (AvgIpc) is 2.91. The van der Waals surface area contributed by atoms with Crippen LogP contribution in [0.2, 0.25) is 0 Å². The Morgan fingerprint density at radius 1 is 0.722 bits per heavy atom. The molecule has 36 heavy (non-hydrogen) atoms. The molecule has 0 aromatic heterocycles. The summed E-state index contributed by atoms with van der Waals surface area (Å²) in [4.78, 5) is 37.8. The van der Waals surface area contributed by atoms with Crippen LogP contribution in [-0.2, 0) is 38.0 Å². The number of hydrogen-bond donors (Lipinski definition) is 2. The summed E-state index contributed by atoms with van der Waals surface area (Å²) in [5.74, 6) is -0.0848. The first-order chi connectivity index (χ1) is 17.5. The monoisotopic (exact) mass is 506 g/mol. The van der Waals surface area contributed by atoms with E-state index in [0.29, 0.717) is 11.5 Å². The fourth-order valence-corrected chi connectivity index (χ4v) is 4.20. The van der Waals surface area contributed by atoms with Gasteiger partial charge in [-0.1, -0.05) is 91.0 Å². The minimum Gasteiger partial charge on any atom is -0.459 e. The van der Waals surface area contributed by atoms with Gasteiger partial charge < -0.3 is 20.1 Å². The van der Waals surface area contributed by atoms with Crippen LogP contribution < -0.4 is 10.6 Å². The largest absolute Gasteiger partial charge is 0.459 e. The minimum atomic E-state index is -0.897. The van der Waals surface area contributed by atoms with E-state index in [0.717, 1.165) is 16.7 Å². The van der Waals surface area contributed by atoms with Crippen LogP contribution in [0.25, 0.3) is 0 Å². The molecule has 0 fully saturated rings. The smallest absolute Gasteiger partial charge is 0.408 e. The maximum Gasteiger partial charge on any atom is 0.408 e. The van der Waals surface area contributed by atoms with Crippen molar-refractivity contribution < 1.29 is 23.9 Å². The van der Waals surface area contributed by atoms with Gasteiger partial charge in [-0.05, 0) is 23.6 Å². The predicted molar refractivity (Wildman–Crippen MR) is 140 cm³/mol. The molecule has 2 atom stereocenters. The summed E-state index contributed by atoms with van der Waals surface area (Å²) < 4.78 is 10.6. The Kier molecular flexibility index (Phi) is 10.9. The Bertz CT molecular complexity index is 1100.